The number of carbonyl (C=O) groups excluding carboxylic acids is 2. The van der Waals surface area contributed by atoms with Crippen molar-refractivity contribution in [1.82, 2.24) is 24.0 Å². The predicted octanol–water partition coefficient (Wildman–Crippen LogP) is 3.45. The third-order valence-electron chi connectivity index (χ3n) is 7.95. The fraction of sp³-hybridized carbons (Fsp3) is 0.444. The van der Waals surface area contributed by atoms with Crippen LogP contribution in [0, 0.1) is 11.8 Å². The van der Waals surface area contributed by atoms with E-state index in [1.807, 2.05) is 21.6 Å². The number of hydrogen-bond donors (Lipinski definition) is 1. The quantitative estimate of drug-likeness (QED) is 0.570. The molecule has 2 saturated heterocycles. The van der Waals surface area contributed by atoms with Gasteiger partial charge in [0.15, 0.2) is 10.7 Å². The molecule has 0 radical (unpaired) electrons. The van der Waals surface area contributed by atoms with Crippen LogP contribution in [0.4, 0.5) is 9.80 Å². The van der Waals surface area contributed by atoms with Gasteiger partial charge in [-0.05, 0) is 49.1 Å². The topological polar surface area (TPSA) is 100 Å². The third-order valence-corrected chi connectivity index (χ3v) is 8.59. The molecule has 3 aliphatic heterocycles. The minimum absolute atomic E-state index is 0.0183. The van der Waals surface area contributed by atoms with Crippen LogP contribution < -0.4 is 10.9 Å². The van der Waals surface area contributed by atoms with Crippen molar-refractivity contribution in [2.45, 2.75) is 38.1 Å². The number of nitrogens with zero attached hydrogens (tertiary/aromatic N) is 5. The molecule has 3 amide bonds. The highest BCUT2D eigenvalue weighted by Gasteiger charge is 2.38. The Morgan fingerprint density at radius 3 is 2.59 bits per heavy atom. The average molecular weight is 519 g/mol. The number of likely N-dealkylation sites (tertiary alicyclic amines) is 2. The third kappa shape index (κ3) is 4.90. The normalized spacial score (nSPS) is 21.4. The molecule has 37 heavy (non-hydrogen) atoms. The zero-order valence-electron chi connectivity index (χ0n) is 20.6. The molecule has 3 aliphatic rings. The average Bonchev–Trinajstić information content (AvgIpc) is 3.38. The van der Waals surface area contributed by atoms with Crippen LogP contribution in [-0.2, 0) is 13.0 Å². The minimum atomic E-state index is -0.216. The number of anilines is 1. The van der Waals surface area contributed by atoms with Gasteiger partial charge in [-0.15, -0.1) is 5.10 Å². The van der Waals surface area contributed by atoms with Gasteiger partial charge in [0.05, 0.1) is 0 Å². The lowest BCUT2D eigenvalue weighted by Crippen LogP contribution is -2.49. The van der Waals surface area contributed by atoms with Crippen molar-refractivity contribution in [2.75, 3.05) is 31.5 Å². The summed E-state index contributed by atoms with van der Waals surface area (Å²) in [5, 5.41) is 7.39. The Bertz CT molecular complexity index is 1350. The van der Waals surface area contributed by atoms with Crippen molar-refractivity contribution in [3.8, 4) is 0 Å². The van der Waals surface area contributed by atoms with E-state index in [0.29, 0.717) is 43.6 Å². The molecule has 2 atom stereocenters. The second-order valence-electron chi connectivity index (χ2n) is 10.4. The number of pyridine rings is 1. The highest BCUT2D eigenvalue weighted by molar-refractivity contribution is 7.10. The smallest absolute Gasteiger partial charge is 0.322 e. The number of piperidine rings is 2. The second-order valence-corrected chi connectivity index (χ2v) is 11.2. The van der Waals surface area contributed by atoms with Crippen molar-refractivity contribution in [2.24, 2.45) is 11.8 Å². The maximum Gasteiger partial charge on any atom is 0.322 e. The first-order valence-electron chi connectivity index (χ1n) is 13.0. The van der Waals surface area contributed by atoms with Gasteiger partial charge in [0.1, 0.15) is 0 Å². The standard InChI is InChI=1S/C27H30N6O3S/c34-23-8-4-7-22-21-14-20(16-33(22)23)15-32(17-21)26(35)24-25(37-30-29-24)28-27(36)31-11-9-19(10-12-31)13-18-5-2-1-3-6-18/h1-8,19-21H,9-17H2,(H,28,36). The molecule has 5 heterocycles. The largest absolute Gasteiger partial charge is 0.336 e. The van der Waals surface area contributed by atoms with E-state index in [1.54, 1.807) is 17.0 Å². The van der Waals surface area contributed by atoms with Gasteiger partial charge >= 0.3 is 6.03 Å². The van der Waals surface area contributed by atoms with Gasteiger partial charge in [0.25, 0.3) is 11.5 Å². The summed E-state index contributed by atoms with van der Waals surface area (Å²) in [5.74, 6) is 0.685. The van der Waals surface area contributed by atoms with Crippen LogP contribution in [0.2, 0.25) is 0 Å². The Kier molecular flexibility index (Phi) is 6.50. The van der Waals surface area contributed by atoms with Gasteiger partial charge in [0.2, 0.25) is 0 Å². The van der Waals surface area contributed by atoms with E-state index < -0.39 is 0 Å². The lowest BCUT2D eigenvalue weighted by Gasteiger charge is -2.42. The van der Waals surface area contributed by atoms with Gasteiger partial charge in [-0.3, -0.25) is 14.9 Å². The highest BCUT2D eigenvalue weighted by Crippen LogP contribution is 2.36. The fourth-order valence-electron chi connectivity index (χ4n) is 6.09. The van der Waals surface area contributed by atoms with Crippen LogP contribution in [0.15, 0.2) is 53.3 Å². The van der Waals surface area contributed by atoms with Gasteiger partial charge in [-0.2, -0.15) is 0 Å². The number of amides is 3. The van der Waals surface area contributed by atoms with Gasteiger partial charge < -0.3 is 14.4 Å². The first-order chi connectivity index (χ1) is 18.0. The number of carbonyl (C=O) groups is 2. The van der Waals surface area contributed by atoms with Crippen LogP contribution in [-0.4, -0.2) is 62.1 Å². The van der Waals surface area contributed by atoms with Gasteiger partial charge in [-0.25, -0.2) is 4.79 Å². The van der Waals surface area contributed by atoms with Crippen molar-refractivity contribution in [3.63, 3.8) is 0 Å². The number of fused-ring (bicyclic) bond motifs is 4. The van der Waals surface area contributed by atoms with E-state index in [0.717, 1.165) is 42.9 Å². The number of rotatable bonds is 4. The molecule has 192 valence electrons. The lowest BCUT2D eigenvalue weighted by atomic mass is 9.83. The molecule has 0 aliphatic carbocycles. The van der Waals surface area contributed by atoms with Crippen LogP contribution >= 0.6 is 11.5 Å². The van der Waals surface area contributed by atoms with Crippen LogP contribution in [0.3, 0.4) is 0 Å². The van der Waals surface area contributed by atoms with Crippen molar-refractivity contribution >= 4 is 28.5 Å². The Labute approximate surface area is 219 Å². The molecule has 1 aromatic carbocycles. The lowest BCUT2D eigenvalue weighted by molar-refractivity contribution is 0.0589. The molecule has 2 unspecified atom stereocenters. The summed E-state index contributed by atoms with van der Waals surface area (Å²) in [5.41, 5.74) is 2.54. The summed E-state index contributed by atoms with van der Waals surface area (Å²) < 4.78 is 5.83. The van der Waals surface area contributed by atoms with E-state index in [9.17, 15) is 14.4 Å². The molecular formula is C27H30N6O3S. The highest BCUT2D eigenvalue weighted by atomic mass is 32.1. The van der Waals surface area contributed by atoms with Crippen molar-refractivity contribution in [1.29, 1.82) is 0 Å². The Morgan fingerprint density at radius 2 is 1.78 bits per heavy atom. The van der Waals surface area contributed by atoms with E-state index in [4.69, 9.17) is 0 Å². The maximum atomic E-state index is 13.5. The zero-order chi connectivity index (χ0) is 25.4. The molecule has 2 bridgehead atoms. The maximum absolute atomic E-state index is 13.5. The summed E-state index contributed by atoms with van der Waals surface area (Å²) in [4.78, 5) is 42.4. The predicted molar refractivity (Wildman–Crippen MR) is 141 cm³/mol. The van der Waals surface area contributed by atoms with Crippen LogP contribution in [0.1, 0.15) is 46.9 Å². The van der Waals surface area contributed by atoms with Crippen LogP contribution in [0.25, 0.3) is 0 Å². The molecular weight excluding hydrogens is 488 g/mol. The summed E-state index contributed by atoms with van der Waals surface area (Å²) in [7, 11) is 0. The minimum Gasteiger partial charge on any atom is -0.336 e. The van der Waals surface area contributed by atoms with Crippen LogP contribution in [0.5, 0.6) is 0 Å². The van der Waals surface area contributed by atoms with E-state index >= 15 is 0 Å². The molecule has 2 fully saturated rings. The molecule has 1 N–H and O–H groups in total. The van der Waals surface area contributed by atoms with Crippen molar-refractivity contribution < 1.29 is 9.59 Å². The SMILES string of the molecule is O=C(Nc1snnc1C(=O)N1CC2CC(C1)c1cccc(=O)n1C2)N1CCC(Cc2ccccc2)CC1. The Balaban J connectivity index is 1.08. The van der Waals surface area contributed by atoms with Crippen molar-refractivity contribution in [3.05, 3.63) is 75.8 Å². The summed E-state index contributed by atoms with van der Waals surface area (Å²) in [6, 6.07) is 15.6. The van der Waals surface area contributed by atoms with E-state index in [2.05, 4.69) is 39.2 Å². The first kappa shape index (κ1) is 23.8. The molecule has 6 rings (SSSR count). The Hall–Kier alpha value is -3.53. The summed E-state index contributed by atoms with van der Waals surface area (Å²) >= 11 is 1.04. The zero-order valence-corrected chi connectivity index (χ0v) is 21.4. The second kappa shape index (κ2) is 10.1. The molecule has 9 nitrogen and oxygen atoms in total. The molecule has 0 saturated carbocycles. The van der Waals surface area contributed by atoms with E-state index in [1.165, 1.54) is 5.56 Å². The number of benzene rings is 1. The van der Waals surface area contributed by atoms with E-state index in [-0.39, 0.29) is 35.0 Å². The molecule has 0 spiro atoms. The van der Waals surface area contributed by atoms with Gasteiger partial charge in [0, 0.05) is 61.9 Å². The Morgan fingerprint density at radius 1 is 0.973 bits per heavy atom. The fourth-order valence-corrected chi connectivity index (χ4v) is 6.64. The molecule has 2 aromatic heterocycles. The summed E-state index contributed by atoms with van der Waals surface area (Å²) in [6.45, 7) is 3.09. The van der Waals surface area contributed by atoms with Gasteiger partial charge in [-0.1, -0.05) is 40.9 Å². The molecule has 10 heteroatoms. The summed E-state index contributed by atoms with van der Waals surface area (Å²) in [6.07, 6.45) is 3.91. The number of aromatic nitrogens is 3. The monoisotopic (exact) mass is 518 g/mol. The molecule has 3 aromatic rings. The number of hydrogen-bond acceptors (Lipinski definition) is 6. The first-order valence-corrected chi connectivity index (χ1v) is 13.7. The number of nitrogens with one attached hydrogen (secondary N) is 1. The number of urea groups is 1.